The van der Waals surface area contributed by atoms with E-state index < -0.39 is 0 Å². The van der Waals surface area contributed by atoms with Crippen molar-refractivity contribution in [3.63, 3.8) is 0 Å². The second kappa shape index (κ2) is 2.70. The van der Waals surface area contributed by atoms with Gasteiger partial charge in [-0.05, 0) is 0 Å². The SMILES string of the molecule is [CH2]N1CC(C)C(=O)C(C)C1. The van der Waals surface area contributed by atoms with Crippen molar-refractivity contribution in [2.75, 3.05) is 13.1 Å². The molecule has 2 heteroatoms. The van der Waals surface area contributed by atoms with E-state index in [-0.39, 0.29) is 11.8 Å². The van der Waals surface area contributed by atoms with Crippen LogP contribution in [-0.4, -0.2) is 23.8 Å². The number of nitrogens with zero attached hydrogens (tertiary/aromatic N) is 1. The number of likely N-dealkylation sites (tertiary alicyclic amines) is 1. The van der Waals surface area contributed by atoms with Crippen LogP contribution in [0.1, 0.15) is 13.8 Å². The minimum atomic E-state index is 0.182. The van der Waals surface area contributed by atoms with Crippen molar-refractivity contribution in [2.45, 2.75) is 13.8 Å². The van der Waals surface area contributed by atoms with Crippen molar-refractivity contribution in [3.8, 4) is 0 Å². The fourth-order valence-electron chi connectivity index (χ4n) is 1.51. The molecule has 0 spiro atoms. The molecule has 0 N–H and O–H groups in total. The second-order valence-corrected chi connectivity index (χ2v) is 3.24. The zero-order valence-electron chi connectivity index (χ0n) is 6.63. The third kappa shape index (κ3) is 1.37. The van der Waals surface area contributed by atoms with Gasteiger partial charge in [0.1, 0.15) is 5.78 Å². The molecule has 1 heterocycles. The molecule has 2 nitrogen and oxygen atoms in total. The Morgan fingerprint density at radius 2 is 1.80 bits per heavy atom. The molecule has 1 radical (unpaired) electrons. The highest BCUT2D eigenvalue weighted by molar-refractivity contribution is 5.83. The van der Waals surface area contributed by atoms with Crippen LogP contribution >= 0.6 is 0 Å². The van der Waals surface area contributed by atoms with Crippen LogP contribution in [0, 0.1) is 18.9 Å². The molecule has 57 valence electrons. The van der Waals surface area contributed by atoms with E-state index in [1.54, 1.807) is 0 Å². The quantitative estimate of drug-likeness (QED) is 0.499. The van der Waals surface area contributed by atoms with Crippen LogP contribution in [0.15, 0.2) is 0 Å². The van der Waals surface area contributed by atoms with Gasteiger partial charge < -0.3 is 4.90 Å². The summed E-state index contributed by atoms with van der Waals surface area (Å²) in [7, 11) is 3.81. The third-order valence-corrected chi connectivity index (χ3v) is 2.04. The van der Waals surface area contributed by atoms with Crippen LogP contribution in [0.2, 0.25) is 0 Å². The summed E-state index contributed by atoms with van der Waals surface area (Å²) in [6.07, 6.45) is 0. The maximum absolute atomic E-state index is 11.2. The van der Waals surface area contributed by atoms with Crippen LogP contribution in [0.25, 0.3) is 0 Å². The Bertz CT molecular complexity index is 130. The topological polar surface area (TPSA) is 20.3 Å². The molecule has 0 saturated carbocycles. The van der Waals surface area contributed by atoms with Crippen LogP contribution in [0.5, 0.6) is 0 Å². The number of piperidine rings is 1. The molecule has 0 aliphatic carbocycles. The summed E-state index contributed by atoms with van der Waals surface area (Å²) in [4.78, 5) is 13.2. The number of Topliss-reactive ketones (excluding diaryl/α,β-unsaturated/α-hetero) is 1. The molecule has 1 rings (SSSR count). The average Bonchev–Trinajstić information content (AvgIpc) is 1.82. The summed E-state index contributed by atoms with van der Waals surface area (Å²) in [6, 6.07) is 0. The van der Waals surface area contributed by atoms with E-state index in [9.17, 15) is 4.79 Å². The van der Waals surface area contributed by atoms with Crippen LogP contribution < -0.4 is 0 Å². The summed E-state index contributed by atoms with van der Waals surface area (Å²) in [6.45, 7) is 5.58. The monoisotopic (exact) mass is 140 g/mol. The van der Waals surface area contributed by atoms with Gasteiger partial charge in [0.15, 0.2) is 0 Å². The molecule has 1 aliphatic heterocycles. The summed E-state index contributed by atoms with van der Waals surface area (Å²) in [5, 5.41) is 0. The molecule has 0 amide bonds. The van der Waals surface area contributed by atoms with Gasteiger partial charge in [-0.15, -0.1) is 0 Å². The van der Waals surface area contributed by atoms with E-state index in [4.69, 9.17) is 0 Å². The van der Waals surface area contributed by atoms with Gasteiger partial charge in [0.2, 0.25) is 0 Å². The van der Waals surface area contributed by atoms with Crippen molar-refractivity contribution in [1.82, 2.24) is 4.90 Å². The van der Waals surface area contributed by atoms with E-state index in [0.29, 0.717) is 5.78 Å². The number of hydrogen-bond donors (Lipinski definition) is 0. The Balaban J connectivity index is 2.57. The largest absolute Gasteiger partial charge is 0.301 e. The molecule has 0 aromatic heterocycles. The first-order valence-electron chi connectivity index (χ1n) is 3.70. The first-order chi connectivity index (χ1) is 4.61. The molecular formula is C8H14NO. The molecule has 1 saturated heterocycles. The van der Waals surface area contributed by atoms with Crippen molar-refractivity contribution < 1.29 is 4.79 Å². The van der Waals surface area contributed by atoms with Gasteiger partial charge in [-0.1, -0.05) is 13.8 Å². The van der Waals surface area contributed by atoms with Crippen LogP contribution in [0.3, 0.4) is 0 Å². The molecule has 1 fully saturated rings. The van der Waals surface area contributed by atoms with Gasteiger partial charge >= 0.3 is 0 Å². The summed E-state index contributed by atoms with van der Waals surface area (Å²) >= 11 is 0. The maximum atomic E-state index is 11.2. The van der Waals surface area contributed by atoms with E-state index in [2.05, 4.69) is 7.05 Å². The Morgan fingerprint density at radius 3 is 2.20 bits per heavy atom. The highest BCUT2D eigenvalue weighted by Gasteiger charge is 2.27. The summed E-state index contributed by atoms with van der Waals surface area (Å²) < 4.78 is 0. The third-order valence-electron chi connectivity index (χ3n) is 2.04. The van der Waals surface area contributed by atoms with Crippen molar-refractivity contribution >= 4 is 5.78 Å². The fourth-order valence-corrected chi connectivity index (χ4v) is 1.51. The lowest BCUT2D eigenvalue weighted by Gasteiger charge is -2.30. The number of carbonyl (C=O) groups is 1. The molecule has 0 aromatic carbocycles. The lowest BCUT2D eigenvalue weighted by atomic mass is 9.91. The minimum Gasteiger partial charge on any atom is -0.301 e. The van der Waals surface area contributed by atoms with Crippen molar-refractivity contribution in [3.05, 3.63) is 7.05 Å². The van der Waals surface area contributed by atoms with E-state index in [1.807, 2.05) is 18.7 Å². The van der Waals surface area contributed by atoms with Gasteiger partial charge in [0.05, 0.1) is 0 Å². The predicted octanol–water partition coefficient (Wildman–Crippen LogP) is 0.935. The van der Waals surface area contributed by atoms with Gasteiger partial charge in [-0.25, -0.2) is 0 Å². The molecule has 0 bridgehead atoms. The smallest absolute Gasteiger partial charge is 0.141 e. The second-order valence-electron chi connectivity index (χ2n) is 3.24. The zero-order chi connectivity index (χ0) is 7.72. The zero-order valence-corrected chi connectivity index (χ0v) is 6.63. The van der Waals surface area contributed by atoms with Crippen LogP contribution in [0.4, 0.5) is 0 Å². The first kappa shape index (κ1) is 7.73. The number of ketones is 1. The van der Waals surface area contributed by atoms with Gasteiger partial charge in [0, 0.05) is 32.0 Å². The van der Waals surface area contributed by atoms with Crippen molar-refractivity contribution in [1.29, 1.82) is 0 Å². The average molecular weight is 140 g/mol. The standard InChI is InChI=1S/C8H14NO/c1-6-4-9(3)5-7(2)8(6)10/h6-7H,3-5H2,1-2H3. The Hall–Kier alpha value is -0.370. The normalized spacial score (nSPS) is 36.5. The summed E-state index contributed by atoms with van der Waals surface area (Å²) in [5.41, 5.74) is 0. The summed E-state index contributed by atoms with van der Waals surface area (Å²) in [5.74, 6) is 0.752. The highest BCUT2D eigenvalue weighted by Crippen LogP contribution is 2.15. The number of carbonyl (C=O) groups excluding carboxylic acids is 1. The molecule has 2 unspecified atom stereocenters. The molecule has 0 aromatic rings. The van der Waals surface area contributed by atoms with E-state index in [0.717, 1.165) is 13.1 Å². The van der Waals surface area contributed by atoms with Crippen LogP contribution in [-0.2, 0) is 4.79 Å². The molecule has 2 atom stereocenters. The lowest BCUT2D eigenvalue weighted by molar-refractivity contribution is -0.129. The molecular weight excluding hydrogens is 126 g/mol. The predicted molar refractivity (Wildman–Crippen MR) is 40.3 cm³/mol. The Morgan fingerprint density at radius 1 is 1.40 bits per heavy atom. The fraction of sp³-hybridized carbons (Fsp3) is 0.750. The van der Waals surface area contributed by atoms with Crippen molar-refractivity contribution in [2.24, 2.45) is 11.8 Å². The van der Waals surface area contributed by atoms with Gasteiger partial charge in [0.25, 0.3) is 0 Å². The van der Waals surface area contributed by atoms with E-state index in [1.165, 1.54) is 0 Å². The Labute approximate surface area is 62.2 Å². The molecule has 1 aliphatic rings. The van der Waals surface area contributed by atoms with Gasteiger partial charge in [-0.3, -0.25) is 4.79 Å². The Kier molecular flexibility index (Phi) is 2.09. The van der Waals surface area contributed by atoms with Gasteiger partial charge in [-0.2, -0.15) is 0 Å². The first-order valence-corrected chi connectivity index (χ1v) is 3.70. The highest BCUT2D eigenvalue weighted by atomic mass is 16.1. The number of rotatable bonds is 0. The lowest BCUT2D eigenvalue weighted by Crippen LogP contribution is -2.41. The van der Waals surface area contributed by atoms with E-state index >= 15 is 0 Å². The minimum absolute atomic E-state index is 0.182. The maximum Gasteiger partial charge on any atom is 0.141 e. The molecule has 10 heavy (non-hydrogen) atoms. The number of hydrogen-bond acceptors (Lipinski definition) is 2.